The van der Waals surface area contributed by atoms with Gasteiger partial charge < -0.3 is 9.87 Å². The van der Waals surface area contributed by atoms with Crippen LogP contribution in [0.4, 0.5) is 23.2 Å². The quantitative estimate of drug-likeness (QED) is 0.196. The number of anilines is 1. The maximum absolute atomic E-state index is 14.9. The number of carbonyl (C=O) groups excluding carboxylic acids is 1. The molecule has 1 heterocycles. The van der Waals surface area contributed by atoms with Crippen molar-refractivity contribution < 1.29 is 26.9 Å². The number of rotatable bonds is 7. The minimum atomic E-state index is -4.87. The van der Waals surface area contributed by atoms with Gasteiger partial charge in [-0.3, -0.25) is 4.79 Å². The standard InChI is InChI=1S/C29H25F4N5O2S/c1-28(2,3)41(40)37-26(19-9-5-4-6-10-19)20-12-13-22(30)23(15-20)35-27(39)24-16-25(29(31,32)33)36-38(24)21-11-7-8-18(14-21)17-34/h4-16,26,37H,1-3H3,(H,35,39). The average molecular weight is 584 g/mol. The van der Waals surface area contributed by atoms with E-state index in [0.29, 0.717) is 11.6 Å². The van der Waals surface area contributed by atoms with E-state index in [1.807, 2.05) is 12.1 Å². The van der Waals surface area contributed by atoms with E-state index in [1.165, 1.54) is 36.4 Å². The summed E-state index contributed by atoms with van der Waals surface area (Å²) in [6.45, 7) is 5.37. The van der Waals surface area contributed by atoms with Gasteiger partial charge in [-0.05, 0) is 62.2 Å². The van der Waals surface area contributed by atoms with Gasteiger partial charge in [0.1, 0.15) is 22.3 Å². The number of amides is 1. The van der Waals surface area contributed by atoms with Crippen molar-refractivity contribution in [1.82, 2.24) is 14.5 Å². The van der Waals surface area contributed by atoms with E-state index in [-0.39, 0.29) is 16.9 Å². The van der Waals surface area contributed by atoms with Gasteiger partial charge >= 0.3 is 6.18 Å². The third-order valence-electron chi connectivity index (χ3n) is 5.94. The fraction of sp³-hybridized carbons (Fsp3) is 0.207. The van der Waals surface area contributed by atoms with Crippen molar-refractivity contribution in [2.75, 3.05) is 5.32 Å². The van der Waals surface area contributed by atoms with Gasteiger partial charge in [0, 0.05) is 17.4 Å². The van der Waals surface area contributed by atoms with E-state index in [0.717, 1.165) is 16.3 Å². The number of carbonyl (C=O) groups is 1. The number of nitrogens with one attached hydrogen (secondary N) is 2. The van der Waals surface area contributed by atoms with Gasteiger partial charge in [-0.25, -0.2) is 9.07 Å². The first-order valence-electron chi connectivity index (χ1n) is 12.3. The van der Waals surface area contributed by atoms with Crippen LogP contribution in [0.1, 0.15) is 59.7 Å². The number of halogens is 4. The summed E-state index contributed by atoms with van der Waals surface area (Å²) in [5, 5.41) is 15.1. The highest BCUT2D eigenvalue weighted by Crippen LogP contribution is 2.32. The summed E-state index contributed by atoms with van der Waals surface area (Å²) < 4.78 is 71.7. The zero-order valence-corrected chi connectivity index (χ0v) is 23.0. The second-order valence-corrected chi connectivity index (χ2v) is 12.0. The predicted molar refractivity (Wildman–Crippen MR) is 147 cm³/mol. The van der Waals surface area contributed by atoms with E-state index >= 15 is 0 Å². The highest BCUT2D eigenvalue weighted by molar-refractivity contribution is 7.90. The molecular weight excluding hydrogens is 558 g/mol. The summed E-state index contributed by atoms with van der Waals surface area (Å²) in [5.41, 5.74) is -0.804. The summed E-state index contributed by atoms with van der Waals surface area (Å²) in [6, 6.07) is 20.2. The van der Waals surface area contributed by atoms with Crippen molar-refractivity contribution in [2.24, 2.45) is 0 Å². The Labute approximate surface area is 237 Å². The van der Waals surface area contributed by atoms with Gasteiger partial charge in [-0.2, -0.15) is 23.5 Å². The minimum absolute atomic E-state index is 0.0388. The molecule has 1 amide bonds. The molecule has 0 saturated carbocycles. The monoisotopic (exact) mass is 583 g/mol. The first kappa shape index (κ1) is 29.8. The molecule has 212 valence electrons. The lowest BCUT2D eigenvalue weighted by Gasteiger charge is -2.28. The molecule has 0 saturated heterocycles. The Kier molecular flexibility index (Phi) is 8.53. The second kappa shape index (κ2) is 11.7. The molecule has 0 aliphatic heterocycles. The molecule has 12 heteroatoms. The molecule has 2 N–H and O–H groups in total. The van der Waals surface area contributed by atoms with Crippen LogP contribution in [0.5, 0.6) is 0 Å². The lowest BCUT2D eigenvalue weighted by Crippen LogP contribution is -2.41. The lowest BCUT2D eigenvalue weighted by atomic mass is 9.99. The van der Waals surface area contributed by atoms with Crippen molar-refractivity contribution in [2.45, 2.75) is 37.7 Å². The van der Waals surface area contributed by atoms with Gasteiger partial charge in [-0.1, -0.05) is 42.5 Å². The normalized spacial score (nSPS) is 13.3. The Hall–Kier alpha value is -4.18. The molecular formula is C29H25F4N5O2S. The van der Waals surface area contributed by atoms with Crippen LogP contribution in [0.3, 0.4) is 0 Å². The molecule has 4 aromatic rings. The zero-order valence-electron chi connectivity index (χ0n) is 22.2. The third kappa shape index (κ3) is 6.94. The number of benzene rings is 3. The highest BCUT2D eigenvalue weighted by atomic mass is 32.2. The van der Waals surface area contributed by atoms with Crippen LogP contribution in [0.15, 0.2) is 78.9 Å². The molecule has 0 spiro atoms. The van der Waals surface area contributed by atoms with Crippen LogP contribution in [-0.4, -0.2) is 25.0 Å². The molecule has 2 unspecified atom stereocenters. The number of hydrogen-bond acceptors (Lipinski definition) is 5. The predicted octanol–water partition coefficient (Wildman–Crippen LogP) is 6.30. The third-order valence-corrected chi connectivity index (χ3v) is 7.50. The molecule has 2 atom stereocenters. The molecule has 0 aliphatic carbocycles. The van der Waals surface area contributed by atoms with Crippen molar-refractivity contribution in [1.29, 1.82) is 5.26 Å². The highest BCUT2D eigenvalue weighted by Gasteiger charge is 2.36. The van der Waals surface area contributed by atoms with E-state index in [2.05, 4.69) is 15.1 Å². The molecule has 7 nitrogen and oxygen atoms in total. The van der Waals surface area contributed by atoms with Gasteiger partial charge in [0.05, 0.1) is 23.0 Å². The summed E-state index contributed by atoms with van der Waals surface area (Å²) in [6.07, 6.45) is -4.87. The fourth-order valence-electron chi connectivity index (χ4n) is 3.85. The van der Waals surface area contributed by atoms with E-state index in [1.54, 1.807) is 45.0 Å². The Balaban J connectivity index is 1.73. The molecule has 41 heavy (non-hydrogen) atoms. The van der Waals surface area contributed by atoms with Crippen molar-refractivity contribution in [3.05, 3.63) is 113 Å². The maximum atomic E-state index is 14.9. The number of alkyl halides is 3. The SMILES string of the molecule is CC(C)(C)[S+]([O-])NC(c1ccccc1)c1ccc(F)c(NC(=O)c2cc(C(F)(F)F)nn2-c2cccc(C#N)c2)c1. The van der Waals surface area contributed by atoms with Gasteiger partial charge in [0.2, 0.25) is 0 Å². The smallest absolute Gasteiger partial charge is 0.435 e. The molecule has 0 bridgehead atoms. The molecule has 1 aromatic heterocycles. The molecule has 3 aromatic carbocycles. The number of nitriles is 1. The van der Waals surface area contributed by atoms with Crippen molar-refractivity contribution in [3.8, 4) is 11.8 Å². The number of hydrogen-bond donors (Lipinski definition) is 2. The van der Waals surface area contributed by atoms with Crippen LogP contribution < -0.4 is 10.0 Å². The van der Waals surface area contributed by atoms with E-state index in [9.17, 15) is 32.2 Å². The van der Waals surface area contributed by atoms with Gasteiger partial charge in [0.15, 0.2) is 5.69 Å². The minimum Gasteiger partial charge on any atom is -0.598 e. The first-order valence-corrected chi connectivity index (χ1v) is 13.4. The van der Waals surface area contributed by atoms with Crippen LogP contribution in [0, 0.1) is 17.1 Å². The Morgan fingerprint density at radius 3 is 2.34 bits per heavy atom. The average Bonchev–Trinajstić information content (AvgIpc) is 3.40. The van der Waals surface area contributed by atoms with Crippen LogP contribution in [-0.2, 0) is 17.5 Å². The Morgan fingerprint density at radius 1 is 1.00 bits per heavy atom. The van der Waals surface area contributed by atoms with Gasteiger partial charge in [-0.15, -0.1) is 4.72 Å². The zero-order chi connectivity index (χ0) is 29.9. The topological polar surface area (TPSA) is 106 Å². The van der Waals surface area contributed by atoms with Crippen LogP contribution in [0.2, 0.25) is 0 Å². The van der Waals surface area contributed by atoms with E-state index in [4.69, 9.17) is 0 Å². The summed E-state index contributed by atoms with van der Waals surface area (Å²) >= 11 is -1.53. The molecule has 0 radical (unpaired) electrons. The largest absolute Gasteiger partial charge is 0.598 e. The Bertz CT molecular complexity index is 1590. The van der Waals surface area contributed by atoms with Crippen molar-refractivity contribution >= 4 is 23.0 Å². The summed E-state index contributed by atoms with van der Waals surface area (Å²) in [4.78, 5) is 13.3. The molecule has 0 fully saturated rings. The molecule has 4 rings (SSSR count). The lowest BCUT2D eigenvalue weighted by molar-refractivity contribution is -0.141. The Morgan fingerprint density at radius 2 is 1.71 bits per heavy atom. The number of aromatic nitrogens is 2. The number of nitrogens with zero attached hydrogens (tertiary/aromatic N) is 3. The fourth-order valence-corrected chi connectivity index (χ4v) is 4.69. The summed E-state index contributed by atoms with van der Waals surface area (Å²) in [7, 11) is 0. The second-order valence-electron chi connectivity index (χ2n) is 10.0. The van der Waals surface area contributed by atoms with Crippen LogP contribution >= 0.6 is 0 Å². The maximum Gasteiger partial charge on any atom is 0.435 e. The summed E-state index contributed by atoms with van der Waals surface area (Å²) in [5.74, 6) is -1.90. The van der Waals surface area contributed by atoms with E-state index < -0.39 is 51.4 Å². The van der Waals surface area contributed by atoms with Crippen molar-refractivity contribution in [3.63, 3.8) is 0 Å². The first-order chi connectivity index (χ1) is 19.3. The van der Waals surface area contributed by atoms with Crippen LogP contribution in [0.25, 0.3) is 5.69 Å². The van der Waals surface area contributed by atoms with Gasteiger partial charge in [0.25, 0.3) is 5.91 Å². The molecule has 0 aliphatic rings.